The van der Waals surface area contributed by atoms with E-state index in [1.807, 2.05) is 18.2 Å². The second kappa shape index (κ2) is 8.10. The molecule has 0 saturated heterocycles. The van der Waals surface area contributed by atoms with Crippen molar-refractivity contribution in [3.05, 3.63) is 47.5 Å². The number of methoxy groups -OCH3 is 2. The average Bonchev–Trinajstić information content (AvgIpc) is 2.66. The van der Waals surface area contributed by atoms with Crippen LogP contribution in [0.25, 0.3) is 0 Å². The average molecular weight is 357 g/mol. The van der Waals surface area contributed by atoms with E-state index in [1.54, 1.807) is 32.4 Å². The maximum atomic E-state index is 12.3. The Morgan fingerprint density at radius 3 is 2.62 bits per heavy atom. The predicted molar refractivity (Wildman–Crippen MR) is 98.0 cm³/mol. The molecule has 1 aliphatic carbocycles. The lowest BCUT2D eigenvalue weighted by Crippen LogP contribution is -2.21. The smallest absolute Gasteiger partial charge is 0.262 e. The summed E-state index contributed by atoms with van der Waals surface area (Å²) in [5.41, 5.74) is 2.45. The number of amides is 1. The summed E-state index contributed by atoms with van der Waals surface area (Å²) in [7, 11) is 3.10. The maximum Gasteiger partial charge on any atom is 0.262 e. The maximum absolute atomic E-state index is 12.3. The molecule has 0 radical (unpaired) electrons. The summed E-state index contributed by atoms with van der Waals surface area (Å²) in [4.78, 5) is 12.3. The van der Waals surface area contributed by atoms with Crippen LogP contribution in [0.5, 0.6) is 17.2 Å². The monoisotopic (exact) mass is 357 g/mol. The number of anilines is 1. The minimum Gasteiger partial charge on any atom is -0.497 e. The van der Waals surface area contributed by atoms with Crippen molar-refractivity contribution in [3.8, 4) is 17.2 Å². The van der Waals surface area contributed by atoms with Gasteiger partial charge < -0.3 is 24.6 Å². The Morgan fingerprint density at radius 1 is 1.19 bits per heavy atom. The lowest BCUT2D eigenvalue weighted by molar-refractivity contribution is -0.118. The molecule has 138 valence electrons. The molecule has 1 unspecified atom stereocenters. The van der Waals surface area contributed by atoms with Gasteiger partial charge in [0.1, 0.15) is 17.2 Å². The topological polar surface area (TPSA) is 77.0 Å². The molecular weight excluding hydrogens is 334 g/mol. The molecule has 1 amide bonds. The normalized spacial score (nSPS) is 15.7. The zero-order valence-corrected chi connectivity index (χ0v) is 15.0. The molecule has 0 fully saturated rings. The number of nitrogens with one attached hydrogen (secondary N) is 1. The highest BCUT2D eigenvalue weighted by Gasteiger charge is 2.21. The van der Waals surface area contributed by atoms with E-state index < -0.39 is 6.10 Å². The minimum absolute atomic E-state index is 0.119. The van der Waals surface area contributed by atoms with Crippen molar-refractivity contribution < 1.29 is 24.1 Å². The van der Waals surface area contributed by atoms with Crippen LogP contribution < -0.4 is 19.5 Å². The SMILES string of the molecule is COc1cc(NC(=O)COc2cccc3c2CCCC3O)cc(OC)c1. The lowest BCUT2D eigenvalue weighted by Gasteiger charge is -2.23. The molecule has 0 aromatic heterocycles. The summed E-state index contributed by atoms with van der Waals surface area (Å²) in [6.07, 6.45) is 2.05. The first-order chi connectivity index (χ1) is 12.6. The molecule has 2 aromatic carbocycles. The zero-order valence-electron chi connectivity index (χ0n) is 15.0. The number of carbonyl (C=O) groups is 1. The summed E-state index contributed by atoms with van der Waals surface area (Å²) < 4.78 is 16.1. The molecule has 6 heteroatoms. The lowest BCUT2D eigenvalue weighted by atomic mass is 9.89. The number of aliphatic hydroxyl groups is 1. The Labute approximate surface area is 152 Å². The van der Waals surface area contributed by atoms with Gasteiger partial charge in [0.05, 0.1) is 20.3 Å². The van der Waals surface area contributed by atoms with Gasteiger partial charge in [-0.25, -0.2) is 0 Å². The Morgan fingerprint density at radius 2 is 1.92 bits per heavy atom. The number of ether oxygens (including phenoxy) is 3. The predicted octanol–water partition coefficient (Wildman–Crippen LogP) is 3.09. The molecule has 2 N–H and O–H groups in total. The van der Waals surface area contributed by atoms with E-state index in [0.29, 0.717) is 22.9 Å². The van der Waals surface area contributed by atoms with Crippen molar-refractivity contribution in [1.29, 1.82) is 0 Å². The van der Waals surface area contributed by atoms with E-state index in [9.17, 15) is 9.90 Å². The molecule has 1 aliphatic rings. The number of benzene rings is 2. The fraction of sp³-hybridized carbons (Fsp3) is 0.350. The Balaban J connectivity index is 1.66. The van der Waals surface area contributed by atoms with Crippen molar-refractivity contribution in [1.82, 2.24) is 0 Å². The number of hydrogen-bond donors (Lipinski definition) is 2. The van der Waals surface area contributed by atoms with Gasteiger partial charge in [-0.05, 0) is 36.5 Å². The fourth-order valence-electron chi connectivity index (χ4n) is 3.15. The van der Waals surface area contributed by atoms with Crippen LogP contribution >= 0.6 is 0 Å². The van der Waals surface area contributed by atoms with Crippen LogP contribution in [0.1, 0.15) is 30.1 Å². The Kier molecular flexibility index (Phi) is 5.63. The number of rotatable bonds is 6. The summed E-state index contributed by atoms with van der Waals surface area (Å²) in [6.45, 7) is -0.119. The van der Waals surface area contributed by atoms with Crippen LogP contribution in [0.2, 0.25) is 0 Å². The first-order valence-electron chi connectivity index (χ1n) is 8.56. The molecule has 0 saturated carbocycles. The molecule has 26 heavy (non-hydrogen) atoms. The van der Waals surface area contributed by atoms with E-state index in [4.69, 9.17) is 14.2 Å². The van der Waals surface area contributed by atoms with E-state index in [0.717, 1.165) is 30.4 Å². The van der Waals surface area contributed by atoms with Crippen molar-refractivity contribution >= 4 is 11.6 Å². The second-order valence-electron chi connectivity index (χ2n) is 6.17. The quantitative estimate of drug-likeness (QED) is 0.831. The third-order valence-electron chi connectivity index (χ3n) is 4.43. The standard InChI is InChI=1S/C20H23NO5/c1-24-14-9-13(10-15(11-14)25-2)21-20(23)12-26-19-8-4-5-16-17(19)6-3-7-18(16)22/h4-5,8-11,18,22H,3,6-7,12H2,1-2H3,(H,21,23). The highest BCUT2D eigenvalue weighted by molar-refractivity contribution is 5.92. The first kappa shape index (κ1) is 18.1. The van der Waals surface area contributed by atoms with E-state index in [-0.39, 0.29) is 12.5 Å². The van der Waals surface area contributed by atoms with Crippen LogP contribution in [0.3, 0.4) is 0 Å². The number of carbonyl (C=O) groups excluding carboxylic acids is 1. The van der Waals surface area contributed by atoms with Gasteiger partial charge in [0.25, 0.3) is 5.91 Å². The van der Waals surface area contributed by atoms with Gasteiger partial charge >= 0.3 is 0 Å². The summed E-state index contributed by atoms with van der Waals surface area (Å²) in [5.74, 6) is 1.55. The summed E-state index contributed by atoms with van der Waals surface area (Å²) in [5, 5.41) is 12.9. The molecule has 2 aromatic rings. The molecule has 1 atom stereocenters. The highest BCUT2D eigenvalue weighted by atomic mass is 16.5. The van der Waals surface area contributed by atoms with Crippen LogP contribution in [0, 0.1) is 0 Å². The molecule has 0 heterocycles. The van der Waals surface area contributed by atoms with Gasteiger partial charge in [0, 0.05) is 23.9 Å². The zero-order chi connectivity index (χ0) is 18.5. The summed E-state index contributed by atoms with van der Waals surface area (Å²) in [6, 6.07) is 10.7. The van der Waals surface area contributed by atoms with Crippen LogP contribution in [-0.4, -0.2) is 31.8 Å². The third kappa shape index (κ3) is 4.08. The number of fused-ring (bicyclic) bond motifs is 1. The second-order valence-corrected chi connectivity index (χ2v) is 6.17. The molecule has 0 spiro atoms. The van der Waals surface area contributed by atoms with Crippen LogP contribution in [0.15, 0.2) is 36.4 Å². The van der Waals surface area contributed by atoms with Gasteiger partial charge in [-0.1, -0.05) is 12.1 Å². The molecule has 0 aliphatic heterocycles. The van der Waals surface area contributed by atoms with E-state index in [1.165, 1.54) is 0 Å². The van der Waals surface area contributed by atoms with Gasteiger partial charge in [0.2, 0.25) is 0 Å². The summed E-state index contributed by atoms with van der Waals surface area (Å²) >= 11 is 0. The van der Waals surface area contributed by atoms with Crippen molar-refractivity contribution in [3.63, 3.8) is 0 Å². The number of hydrogen-bond acceptors (Lipinski definition) is 5. The fourth-order valence-corrected chi connectivity index (χ4v) is 3.15. The molecular formula is C20H23NO5. The third-order valence-corrected chi connectivity index (χ3v) is 4.43. The van der Waals surface area contributed by atoms with Crippen molar-refractivity contribution in [2.24, 2.45) is 0 Å². The van der Waals surface area contributed by atoms with E-state index in [2.05, 4.69) is 5.32 Å². The molecule has 6 nitrogen and oxygen atoms in total. The van der Waals surface area contributed by atoms with Crippen molar-refractivity contribution in [2.45, 2.75) is 25.4 Å². The molecule has 3 rings (SSSR count). The molecule has 0 bridgehead atoms. The largest absolute Gasteiger partial charge is 0.497 e. The van der Waals surface area contributed by atoms with Crippen LogP contribution in [-0.2, 0) is 11.2 Å². The van der Waals surface area contributed by atoms with Crippen molar-refractivity contribution in [2.75, 3.05) is 26.1 Å². The van der Waals surface area contributed by atoms with E-state index >= 15 is 0 Å². The van der Waals surface area contributed by atoms with Gasteiger partial charge in [-0.15, -0.1) is 0 Å². The Bertz CT molecular complexity index is 768. The first-order valence-corrected chi connectivity index (χ1v) is 8.56. The number of aliphatic hydroxyl groups excluding tert-OH is 1. The van der Waals surface area contributed by atoms with Gasteiger partial charge in [0.15, 0.2) is 6.61 Å². The Hall–Kier alpha value is -2.73. The highest BCUT2D eigenvalue weighted by Crippen LogP contribution is 2.35. The van der Waals surface area contributed by atoms with Gasteiger partial charge in [-0.2, -0.15) is 0 Å². The minimum atomic E-state index is -0.458. The van der Waals surface area contributed by atoms with Gasteiger partial charge in [-0.3, -0.25) is 4.79 Å². The van der Waals surface area contributed by atoms with Crippen LogP contribution in [0.4, 0.5) is 5.69 Å².